The fraction of sp³-hybridized carbons (Fsp3) is 0.500. The first kappa shape index (κ1) is 21.0. The highest BCUT2D eigenvalue weighted by Gasteiger charge is 2.30. The summed E-state index contributed by atoms with van der Waals surface area (Å²) >= 11 is 0. The van der Waals surface area contributed by atoms with Crippen LogP contribution in [0.2, 0.25) is 0 Å². The molecular weight excluding hydrogens is 357 g/mol. The fourth-order valence-electron chi connectivity index (χ4n) is 3.09. The molecule has 0 bridgehead atoms. The highest BCUT2D eigenvalue weighted by atomic mass is 19.4. The van der Waals surface area contributed by atoms with Crippen molar-refractivity contribution in [2.24, 2.45) is 0 Å². The summed E-state index contributed by atoms with van der Waals surface area (Å²) in [5.41, 5.74) is 0.942. The van der Waals surface area contributed by atoms with E-state index in [9.17, 15) is 22.8 Å². The lowest BCUT2D eigenvalue weighted by Crippen LogP contribution is -2.34. The summed E-state index contributed by atoms with van der Waals surface area (Å²) in [6, 6.07) is 4.36. The van der Waals surface area contributed by atoms with Gasteiger partial charge in [-0.3, -0.25) is 9.59 Å². The van der Waals surface area contributed by atoms with Gasteiger partial charge in [-0.1, -0.05) is 11.6 Å². The number of hydrogen-bond acceptors (Lipinski definition) is 2. The number of rotatable bonds is 7. The summed E-state index contributed by atoms with van der Waals surface area (Å²) in [5.74, 6) is -0.500. The monoisotopic (exact) mass is 382 g/mol. The van der Waals surface area contributed by atoms with Crippen molar-refractivity contribution >= 4 is 17.5 Å². The Morgan fingerprint density at radius 3 is 2.41 bits per heavy atom. The second-order valence-electron chi connectivity index (χ2n) is 6.67. The predicted molar refractivity (Wildman–Crippen MR) is 98.3 cm³/mol. The Kier molecular flexibility index (Phi) is 7.45. The van der Waals surface area contributed by atoms with E-state index in [1.54, 1.807) is 0 Å². The Morgan fingerprint density at radius 1 is 1.15 bits per heavy atom. The van der Waals surface area contributed by atoms with Gasteiger partial charge in [-0.15, -0.1) is 0 Å². The van der Waals surface area contributed by atoms with Gasteiger partial charge in [0.05, 0.1) is 5.56 Å². The molecule has 1 aliphatic carbocycles. The zero-order valence-corrected chi connectivity index (χ0v) is 15.4. The van der Waals surface area contributed by atoms with Gasteiger partial charge in [-0.05, 0) is 56.4 Å². The summed E-state index contributed by atoms with van der Waals surface area (Å²) in [6.45, 7) is 2.01. The molecule has 1 aromatic rings. The van der Waals surface area contributed by atoms with E-state index in [-0.39, 0.29) is 24.8 Å². The molecule has 0 heterocycles. The molecule has 1 aromatic carbocycles. The highest BCUT2D eigenvalue weighted by molar-refractivity contribution is 5.92. The Bertz CT molecular complexity index is 681. The van der Waals surface area contributed by atoms with Crippen molar-refractivity contribution in [3.05, 3.63) is 41.5 Å². The maximum Gasteiger partial charge on any atom is 0.416 e. The van der Waals surface area contributed by atoms with Crippen LogP contribution in [0.25, 0.3) is 0 Å². The molecule has 2 rings (SSSR count). The van der Waals surface area contributed by atoms with Crippen LogP contribution in [-0.2, 0) is 15.8 Å². The Morgan fingerprint density at radius 2 is 1.85 bits per heavy atom. The molecule has 4 nitrogen and oxygen atoms in total. The molecule has 0 saturated carbocycles. The summed E-state index contributed by atoms with van der Waals surface area (Å²) in [7, 11) is 0. The Hall–Kier alpha value is -2.31. The zero-order chi connectivity index (χ0) is 19.9. The zero-order valence-electron chi connectivity index (χ0n) is 15.4. The number of alkyl halides is 3. The van der Waals surface area contributed by atoms with Crippen LogP contribution in [-0.4, -0.2) is 24.9 Å². The smallest absolute Gasteiger partial charge is 0.356 e. The summed E-state index contributed by atoms with van der Waals surface area (Å²) in [4.78, 5) is 25.1. The maximum atomic E-state index is 12.6. The predicted octanol–water partition coefficient (Wildman–Crippen LogP) is 4.46. The standard InChI is InChI=1S/C20H25F3N2O2/c1-15(26)25(18-9-7-17(8-10-18)20(21,22)23)14-12-19(27)24-13-11-16-5-3-2-4-6-16/h5,7-10H,2-4,6,11-14H2,1H3,(H,24,27). The van der Waals surface area contributed by atoms with Gasteiger partial charge in [0.15, 0.2) is 0 Å². The normalized spacial score (nSPS) is 14.4. The van der Waals surface area contributed by atoms with Crippen molar-refractivity contribution < 1.29 is 22.8 Å². The van der Waals surface area contributed by atoms with Gasteiger partial charge >= 0.3 is 6.18 Å². The molecule has 7 heteroatoms. The number of carbonyl (C=O) groups is 2. The van der Waals surface area contributed by atoms with Crippen LogP contribution in [0.3, 0.4) is 0 Å². The first-order valence-corrected chi connectivity index (χ1v) is 9.17. The average molecular weight is 382 g/mol. The van der Waals surface area contributed by atoms with E-state index in [0.29, 0.717) is 12.2 Å². The van der Waals surface area contributed by atoms with Crippen LogP contribution >= 0.6 is 0 Å². The molecule has 0 unspecified atom stereocenters. The molecule has 0 saturated heterocycles. The fourth-order valence-corrected chi connectivity index (χ4v) is 3.09. The number of halogens is 3. The van der Waals surface area contributed by atoms with E-state index in [1.165, 1.54) is 42.4 Å². The molecule has 1 aliphatic rings. The van der Waals surface area contributed by atoms with Gasteiger partial charge in [-0.2, -0.15) is 13.2 Å². The molecule has 148 valence electrons. The van der Waals surface area contributed by atoms with Crippen LogP contribution < -0.4 is 10.2 Å². The highest BCUT2D eigenvalue weighted by Crippen LogP contribution is 2.30. The minimum Gasteiger partial charge on any atom is -0.356 e. The minimum atomic E-state index is -4.42. The topological polar surface area (TPSA) is 49.4 Å². The third-order valence-corrected chi connectivity index (χ3v) is 4.60. The van der Waals surface area contributed by atoms with Gasteiger partial charge < -0.3 is 10.2 Å². The van der Waals surface area contributed by atoms with Crippen LogP contribution in [0, 0.1) is 0 Å². The van der Waals surface area contributed by atoms with Crippen LogP contribution in [0.15, 0.2) is 35.9 Å². The van der Waals surface area contributed by atoms with E-state index in [2.05, 4.69) is 11.4 Å². The first-order valence-electron chi connectivity index (χ1n) is 9.17. The largest absolute Gasteiger partial charge is 0.416 e. The molecule has 27 heavy (non-hydrogen) atoms. The quantitative estimate of drug-likeness (QED) is 0.708. The van der Waals surface area contributed by atoms with E-state index >= 15 is 0 Å². The lowest BCUT2D eigenvalue weighted by molar-refractivity contribution is -0.137. The number of nitrogens with zero attached hydrogens (tertiary/aromatic N) is 1. The van der Waals surface area contributed by atoms with Crippen molar-refractivity contribution in [1.29, 1.82) is 0 Å². The number of nitrogens with one attached hydrogen (secondary N) is 1. The summed E-state index contributed by atoms with van der Waals surface area (Å²) in [5, 5.41) is 2.84. The van der Waals surface area contributed by atoms with Crippen LogP contribution in [0.1, 0.15) is 51.0 Å². The number of hydrogen-bond donors (Lipinski definition) is 1. The van der Waals surface area contributed by atoms with Gasteiger partial charge in [0.25, 0.3) is 0 Å². The van der Waals surface area contributed by atoms with E-state index in [4.69, 9.17) is 0 Å². The molecule has 0 atom stereocenters. The lowest BCUT2D eigenvalue weighted by atomic mass is 9.97. The van der Waals surface area contributed by atoms with Crippen molar-refractivity contribution in [3.8, 4) is 0 Å². The third-order valence-electron chi connectivity index (χ3n) is 4.60. The summed E-state index contributed by atoms with van der Waals surface area (Å²) < 4.78 is 37.9. The molecular formula is C20H25F3N2O2. The second kappa shape index (κ2) is 9.58. The Balaban J connectivity index is 1.84. The number of allylic oxidation sites excluding steroid dienone is 1. The van der Waals surface area contributed by atoms with E-state index in [0.717, 1.165) is 31.4 Å². The van der Waals surface area contributed by atoms with Crippen molar-refractivity contribution in [1.82, 2.24) is 5.32 Å². The van der Waals surface area contributed by atoms with Crippen LogP contribution in [0.5, 0.6) is 0 Å². The molecule has 0 aromatic heterocycles. The molecule has 2 amide bonds. The molecule has 0 fully saturated rings. The summed E-state index contributed by atoms with van der Waals surface area (Å²) in [6.07, 6.45) is 3.35. The molecule has 1 N–H and O–H groups in total. The molecule has 0 aliphatic heterocycles. The van der Waals surface area contributed by atoms with Crippen molar-refractivity contribution in [3.63, 3.8) is 0 Å². The van der Waals surface area contributed by atoms with Crippen molar-refractivity contribution in [2.45, 2.75) is 51.6 Å². The number of benzene rings is 1. The van der Waals surface area contributed by atoms with Crippen molar-refractivity contribution in [2.75, 3.05) is 18.0 Å². The van der Waals surface area contributed by atoms with Crippen LogP contribution in [0.4, 0.5) is 18.9 Å². The van der Waals surface area contributed by atoms with Gasteiger partial charge in [-0.25, -0.2) is 0 Å². The van der Waals surface area contributed by atoms with Gasteiger partial charge in [0.1, 0.15) is 0 Å². The maximum absolute atomic E-state index is 12.6. The SMILES string of the molecule is CC(=O)N(CCC(=O)NCCC1=CCCCC1)c1ccc(C(F)(F)F)cc1. The van der Waals surface area contributed by atoms with E-state index < -0.39 is 11.7 Å². The second-order valence-corrected chi connectivity index (χ2v) is 6.67. The third kappa shape index (κ3) is 6.73. The van der Waals surface area contributed by atoms with Gasteiger partial charge in [0.2, 0.25) is 11.8 Å². The molecule has 0 spiro atoms. The first-order chi connectivity index (χ1) is 12.8. The number of anilines is 1. The molecule has 0 radical (unpaired) electrons. The van der Waals surface area contributed by atoms with E-state index in [1.807, 2.05) is 0 Å². The minimum absolute atomic E-state index is 0.0969. The lowest BCUT2D eigenvalue weighted by Gasteiger charge is -2.21. The Labute approximate surface area is 157 Å². The average Bonchev–Trinajstić information content (AvgIpc) is 2.62. The number of amides is 2. The van der Waals surface area contributed by atoms with Gasteiger partial charge in [0, 0.05) is 32.1 Å². The number of carbonyl (C=O) groups excluding carboxylic acids is 2.